The molecule has 0 radical (unpaired) electrons. The van der Waals surface area contributed by atoms with Crippen LogP contribution in [0, 0.1) is 0 Å². The number of nitrogens with two attached hydrogens (primary N) is 1. The SMILES string of the molecule is Cl.NC1CCSC2(CCCC2)C1. The molecular weight excluding hydrogens is 190 g/mol. The Balaban J connectivity index is 0.000000720. The van der Waals surface area contributed by atoms with Crippen molar-refractivity contribution in [1.82, 2.24) is 0 Å². The molecule has 72 valence electrons. The highest BCUT2D eigenvalue weighted by molar-refractivity contribution is 8.00. The van der Waals surface area contributed by atoms with Crippen molar-refractivity contribution in [3.8, 4) is 0 Å². The third kappa shape index (κ3) is 2.09. The third-order valence-corrected chi connectivity index (χ3v) is 4.67. The molecule has 3 heteroatoms. The topological polar surface area (TPSA) is 26.0 Å². The molecule has 1 saturated carbocycles. The van der Waals surface area contributed by atoms with Crippen LogP contribution in [-0.2, 0) is 0 Å². The fourth-order valence-corrected chi connectivity index (χ4v) is 4.20. The van der Waals surface area contributed by atoms with Gasteiger partial charge in [-0.15, -0.1) is 12.4 Å². The number of halogens is 1. The van der Waals surface area contributed by atoms with Gasteiger partial charge in [0.25, 0.3) is 0 Å². The van der Waals surface area contributed by atoms with E-state index in [1.54, 1.807) is 0 Å². The van der Waals surface area contributed by atoms with Gasteiger partial charge >= 0.3 is 0 Å². The molecule has 0 bridgehead atoms. The summed E-state index contributed by atoms with van der Waals surface area (Å²) >= 11 is 2.20. The lowest BCUT2D eigenvalue weighted by Crippen LogP contribution is -2.37. The van der Waals surface area contributed by atoms with Gasteiger partial charge in [-0.25, -0.2) is 0 Å². The van der Waals surface area contributed by atoms with Crippen LogP contribution in [0.4, 0.5) is 0 Å². The predicted octanol–water partition coefficient (Wildman–Crippen LogP) is 2.58. The summed E-state index contributed by atoms with van der Waals surface area (Å²) in [6, 6.07) is 0.509. The van der Waals surface area contributed by atoms with Gasteiger partial charge < -0.3 is 5.73 Å². The quantitative estimate of drug-likeness (QED) is 0.661. The molecule has 0 aromatic carbocycles. The van der Waals surface area contributed by atoms with E-state index in [0.29, 0.717) is 10.8 Å². The molecule has 1 aliphatic heterocycles. The Labute approximate surface area is 85.3 Å². The fourth-order valence-electron chi connectivity index (χ4n) is 2.43. The zero-order valence-corrected chi connectivity index (χ0v) is 9.05. The average Bonchev–Trinajstić information content (AvgIpc) is 2.37. The van der Waals surface area contributed by atoms with Gasteiger partial charge in [0.2, 0.25) is 0 Å². The molecule has 12 heavy (non-hydrogen) atoms. The van der Waals surface area contributed by atoms with Gasteiger partial charge in [-0.3, -0.25) is 0 Å². The second-order valence-electron chi connectivity index (χ2n) is 3.99. The highest BCUT2D eigenvalue weighted by atomic mass is 35.5. The Bertz CT molecular complexity index is 145. The lowest BCUT2D eigenvalue weighted by atomic mass is 9.96. The molecule has 1 spiro atoms. The minimum atomic E-state index is 0. The highest BCUT2D eigenvalue weighted by Crippen LogP contribution is 2.47. The highest BCUT2D eigenvalue weighted by Gasteiger charge is 2.38. The Morgan fingerprint density at radius 2 is 1.92 bits per heavy atom. The second-order valence-corrected chi connectivity index (χ2v) is 5.55. The van der Waals surface area contributed by atoms with E-state index >= 15 is 0 Å². The molecule has 0 amide bonds. The molecule has 2 rings (SSSR count). The zero-order valence-electron chi connectivity index (χ0n) is 7.42. The first-order valence-electron chi connectivity index (χ1n) is 4.70. The number of thioether (sulfide) groups is 1. The van der Waals surface area contributed by atoms with Crippen molar-refractivity contribution in [2.75, 3.05) is 5.75 Å². The average molecular weight is 208 g/mol. The van der Waals surface area contributed by atoms with E-state index in [4.69, 9.17) is 5.73 Å². The smallest absolute Gasteiger partial charge is 0.0174 e. The number of hydrogen-bond donors (Lipinski definition) is 1. The van der Waals surface area contributed by atoms with Crippen molar-refractivity contribution >= 4 is 24.2 Å². The molecule has 2 N–H and O–H groups in total. The molecule has 2 aliphatic rings. The summed E-state index contributed by atoms with van der Waals surface area (Å²) in [6.45, 7) is 0. The van der Waals surface area contributed by atoms with Crippen LogP contribution in [0.1, 0.15) is 38.5 Å². The zero-order chi connectivity index (χ0) is 7.73. The van der Waals surface area contributed by atoms with Crippen LogP contribution < -0.4 is 5.73 Å². The normalized spacial score (nSPS) is 33.2. The standard InChI is InChI=1S/C9H17NS.ClH/c10-8-3-6-11-9(7-8)4-1-2-5-9;/h8H,1-7,10H2;1H. The van der Waals surface area contributed by atoms with Crippen LogP contribution in [0.15, 0.2) is 0 Å². The maximum Gasteiger partial charge on any atom is 0.0174 e. The van der Waals surface area contributed by atoms with Crippen LogP contribution in [0.5, 0.6) is 0 Å². The summed E-state index contributed by atoms with van der Waals surface area (Å²) in [5, 5.41) is 0. The maximum atomic E-state index is 5.98. The van der Waals surface area contributed by atoms with Crippen LogP contribution in [0.25, 0.3) is 0 Å². The first-order chi connectivity index (χ1) is 5.31. The van der Waals surface area contributed by atoms with Crippen molar-refractivity contribution < 1.29 is 0 Å². The summed E-state index contributed by atoms with van der Waals surface area (Å²) in [4.78, 5) is 0. The number of hydrogen-bond acceptors (Lipinski definition) is 2. The van der Waals surface area contributed by atoms with Gasteiger partial charge in [-0.2, -0.15) is 11.8 Å². The molecule has 1 aliphatic carbocycles. The maximum absolute atomic E-state index is 5.98. The first-order valence-corrected chi connectivity index (χ1v) is 5.69. The van der Waals surface area contributed by atoms with Crippen molar-refractivity contribution in [1.29, 1.82) is 0 Å². The molecule has 0 aromatic rings. The lowest BCUT2D eigenvalue weighted by molar-refractivity contribution is 0.458. The summed E-state index contributed by atoms with van der Waals surface area (Å²) in [5.41, 5.74) is 5.98. The molecule has 0 aromatic heterocycles. The Hall–Kier alpha value is 0.600. The summed E-state index contributed by atoms with van der Waals surface area (Å²) in [7, 11) is 0. The molecule has 2 fully saturated rings. The van der Waals surface area contributed by atoms with E-state index in [1.807, 2.05) is 0 Å². The molecular formula is C9H18ClNS. The van der Waals surface area contributed by atoms with Crippen LogP contribution in [-0.4, -0.2) is 16.5 Å². The Morgan fingerprint density at radius 3 is 2.50 bits per heavy atom. The van der Waals surface area contributed by atoms with Crippen molar-refractivity contribution in [2.24, 2.45) is 5.73 Å². The van der Waals surface area contributed by atoms with Crippen molar-refractivity contribution in [3.05, 3.63) is 0 Å². The molecule has 1 atom stereocenters. The van der Waals surface area contributed by atoms with Crippen LogP contribution >= 0.6 is 24.2 Å². The Kier molecular flexibility index (Phi) is 3.74. The summed E-state index contributed by atoms with van der Waals surface area (Å²) < 4.78 is 0.637. The van der Waals surface area contributed by atoms with Crippen molar-refractivity contribution in [2.45, 2.75) is 49.3 Å². The third-order valence-electron chi connectivity index (χ3n) is 3.05. The van der Waals surface area contributed by atoms with Gasteiger partial charge in [0, 0.05) is 10.8 Å². The second kappa shape index (κ2) is 4.21. The molecule has 1 saturated heterocycles. The Morgan fingerprint density at radius 1 is 1.25 bits per heavy atom. The van der Waals surface area contributed by atoms with Crippen LogP contribution in [0.3, 0.4) is 0 Å². The van der Waals surface area contributed by atoms with Crippen LogP contribution in [0.2, 0.25) is 0 Å². The van der Waals surface area contributed by atoms with E-state index in [2.05, 4.69) is 11.8 Å². The van der Waals surface area contributed by atoms with Gasteiger partial charge in [-0.1, -0.05) is 12.8 Å². The van der Waals surface area contributed by atoms with Crippen molar-refractivity contribution in [3.63, 3.8) is 0 Å². The summed E-state index contributed by atoms with van der Waals surface area (Å²) in [6.07, 6.45) is 8.29. The first kappa shape index (κ1) is 10.7. The van der Waals surface area contributed by atoms with E-state index in [1.165, 1.54) is 44.3 Å². The van der Waals surface area contributed by atoms with Gasteiger partial charge in [0.05, 0.1) is 0 Å². The molecule has 1 heterocycles. The van der Waals surface area contributed by atoms with Gasteiger partial charge in [0.15, 0.2) is 0 Å². The van der Waals surface area contributed by atoms with Gasteiger partial charge in [0.1, 0.15) is 0 Å². The minimum absolute atomic E-state index is 0. The monoisotopic (exact) mass is 207 g/mol. The molecule has 1 nitrogen and oxygen atoms in total. The fraction of sp³-hybridized carbons (Fsp3) is 1.00. The number of rotatable bonds is 0. The van der Waals surface area contributed by atoms with E-state index in [9.17, 15) is 0 Å². The molecule has 1 unspecified atom stereocenters. The predicted molar refractivity (Wildman–Crippen MR) is 58.1 cm³/mol. The lowest BCUT2D eigenvalue weighted by Gasteiger charge is -2.35. The van der Waals surface area contributed by atoms with E-state index in [0.717, 1.165) is 0 Å². The van der Waals surface area contributed by atoms with Gasteiger partial charge in [-0.05, 0) is 31.4 Å². The summed E-state index contributed by atoms with van der Waals surface area (Å²) in [5.74, 6) is 1.31. The van der Waals surface area contributed by atoms with E-state index in [-0.39, 0.29) is 12.4 Å². The minimum Gasteiger partial charge on any atom is -0.328 e. The largest absolute Gasteiger partial charge is 0.328 e. The van der Waals surface area contributed by atoms with E-state index < -0.39 is 0 Å².